The summed E-state index contributed by atoms with van der Waals surface area (Å²) in [5.41, 5.74) is 1.98. The van der Waals surface area contributed by atoms with Crippen molar-refractivity contribution in [3.63, 3.8) is 0 Å². The zero-order chi connectivity index (χ0) is 20.8. The van der Waals surface area contributed by atoms with E-state index < -0.39 is 6.04 Å². The summed E-state index contributed by atoms with van der Waals surface area (Å²) in [6.07, 6.45) is 2.41. The number of nitrogens with one attached hydrogen (secondary N) is 2. The van der Waals surface area contributed by atoms with E-state index in [-0.39, 0.29) is 11.8 Å². The molecule has 1 atom stereocenters. The lowest BCUT2D eigenvalue weighted by Crippen LogP contribution is -2.41. The molecule has 0 aliphatic carbocycles. The highest BCUT2D eigenvalue weighted by molar-refractivity contribution is 5.97. The van der Waals surface area contributed by atoms with Gasteiger partial charge in [0.05, 0.1) is 0 Å². The van der Waals surface area contributed by atoms with Crippen molar-refractivity contribution in [1.82, 2.24) is 25.2 Å². The van der Waals surface area contributed by atoms with Crippen molar-refractivity contribution in [2.75, 3.05) is 6.54 Å². The molecule has 2 aromatic carbocycles. The number of carbonyl (C=O) groups excluding carboxylic acids is 2. The second-order valence-electron chi connectivity index (χ2n) is 6.77. The van der Waals surface area contributed by atoms with Crippen molar-refractivity contribution in [3.05, 3.63) is 102 Å². The molecule has 0 radical (unpaired) electrons. The van der Waals surface area contributed by atoms with Gasteiger partial charge in [-0.05, 0) is 29.8 Å². The molecule has 0 aliphatic rings. The molecule has 0 aliphatic heterocycles. The Morgan fingerprint density at radius 3 is 2.33 bits per heavy atom. The van der Waals surface area contributed by atoms with Crippen LogP contribution in [0.2, 0.25) is 0 Å². The second kappa shape index (κ2) is 9.00. The van der Waals surface area contributed by atoms with Crippen LogP contribution in [0.3, 0.4) is 0 Å². The molecule has 30 heavy (non-hydrogen) atoms. The minimum Gasteiger partial charge on any atom is -0.354 e. The van der Waals surface area contributed by atoms with Gasteiger partial charge in [0.25, 0.3) is 5.91 Å². The number of amides is 2. The Kier molecular flexibility index (Phi) is 5.80. The fourth-order valence-electron chi connectivity index (χ4n) is 3.21. The summed E-state index contributed by atoms with van der Waals surface area (Å²) < 4.78 is 1.89. The van der Waals surface area contributed by atoms with E-state index in [2.05, 4.69) is 20.8 Å². The largest absolute Gasteiger partial charge is 0.354 e. The maximum absolute atomic E-state index is 12.9. The van der Waals surface area contributed by atoms with Crippen molar-refractivity contribution < 1.29 is 9.59 Å². The third-order valence-electron chi connectivity index (χ3n) is 4.74. The number of carbonyl (C=O) groups is 2. The lowest BCUT2D eigenvalue weighted by Gasteiger charge is -2.19. The van der Waals surface area contributed by atoms with Gasteiger partial charge in [-0.3, -0.25) is 14.0 Å². The molecule has 0 fully saturated rings. The molecule has 2 N–H and O–H groups in total. The average Bonchev–Trinajstić information content (AvgIpc) is 3.21. The molecule has 7 heteroatoms. The Morgan fingerprint density at radius 1 is 0.867 bits per heavy atom. The molecule has 1 unspecified atom stereocenters. The normalized spacial score (nSPS) is 11.7. The highest BCUT2D eigenvalue weighted by Gasteiger charge is 2.23. The van der Waals surface area contributed by atoms with Gasteiger partial charge in [0.1, 0.15) is 11.9 Å². The van der Waals surface area contributed by atoms with Crippen LogP contribution in [0, 0.1) is 0 Å². The molecular formula is C23H21N5O2. The van der Waals surface area contributed by atoms with E-state index in [1.807, 2.05) is 65.2 Å². The topological polar surface area (TPSA) is 88.4 Å². The van der Waals surface area contributed by atoms with Crippen molar-refractivity contribution >= 4 is 17.5 Å². The van der Waals surface area contributed by atoms with E-state index in [1.165, 1.54) is 0 Å². The number of fused-ring (bicyclic) bond motifs is 1. The molecular weight excluding hydrogens is 378 g/mol. The van der Waals surface area contributed by atoms with E-state index in [0.29, 0.717) is 24.1 Å². The molecule has 2 amide bonds. The summed E-state index contributed by atoms with van der Waals surface area (Å²) in [6, 6.07) is 22.9. The van der Waals surface area contributed by atoms with Crippen LogP contribution < -0.4 is 10.6 Å². The van der Waals surface area contributed by atoms with Gasteiger partial charge in [0.2, 0.25) is 5.91 Å². The van der Waals surface area contributed by atoms with Crippen molar-refractivity contribution in [1.29, 1.82) is 0 Å². The van der Waals surface area contributed by atoms with Gasteiger partial charge in [0, 0.05) is 24.7 Å². The third kappa shape index (κ3) is 4.35. The highest BCUT2D eigenvalue weighted by atomic mass is 16.2. The number of benzene rings is 2. The molecule has 4 rings (SSSR count). The van der Waals surface area contributed by atoms with Gasteiger partial charge in [-0.1, -0.05) is 54.6 Å². The van der Waals surface area contributed by atoms with Crippen LogP contribution in [-0.4, -0.2) is 33.0 Å². The Hall–Kier alpha value is -4.00. The fraction of sp³-hybridized carbons (Fsp3) is 0.130. The molecule has 0 saturated carbocycles. The van der Waals surface area contributed by atoms with E-state index >= 15 is 0 Å². The number of nitrogens with zero attached hydrogens (tertiary/aromatic N) is 3. The van der Waals surface area contributed by atoms with Crippen LogP contribution in [0.25, 0.3) is 5.65 Å². The lowest BCUT2D eigenvalue weighted by atomic mass is 10.1. The van der Waals surface area contributed by atoms with Crippen molar-refractivity contribution in [2.24, 2.45) is 0 Å². The Labute approximate surface area is 173 Å². The summed E-state index contributed by atoms with van der Waals surface area (Å²) in [5.74, 6) is 0.179. The van der Waals surface area contributed by atoms with Gasteiger partial charge < -0.3 is 10.6 Å². The Morgan fingerprint density at radius 2 is 1.57 bits per heavy atom. The number of rotatable bonds is 7. The molecule has 4 aromatic rings. The highest BCUT2D eigenvalue weighted by Crippen LogP contribution is 2.14. The van der Waals surface area contributed by atoms with Crippen LogP contribution in [-0.2, 0) is 11.2 Å². The van der Waals surface area contributed by atoms with E-state index in [4.69, 9.17) is 0 Å². The summed E-state index contributed by atoms with van der Waals surface area (Å²) in [7, 11) is 0. The average molecular weight is 399 g/mol. The SMILES string of the molecule is O=C(NC(C(=O)NCCc1nnc2ccccn12)c1ccccc1)c1ccccc1. The van der Waals surface area contributed by atoms with Gasteiger partial charge in [0.15, 0.2) is 5.65 Å². The zero-order valence-corrected chi connectivity index (χ0v) is 16.2. The third-order valence-corrected chi connectivity index (χ3v) is 4.74. The van der Waals surface area contributed by atoms with Crippen LogP contribution in [0.1, 0.15) is 27.8 Å². The standard InChI is InChI=1S/C23H21N5O2/c29-22(18-11-5-2-6-12-18)25-21(17-9-3-1-4-10-17)23(30)24-15-14-20-27-26-19-13-7-8-16-28(19)20/h1-13,16,21H,14-15H2,(H,24,30)(H,25,29). The summed E-state index contributed by atoms with van der Waals surface area (Å²) in [5, 5.41) is 14.0. The van der Waals surface area contributed by atoms with Gasteiger partial charge in [-0.15, -0.1) is 10.2 Å². The minimum absolute atomic E-state index is 0.278. The van der Waals surface area contributed by atoms with E-state index in [9.17, 15) is 9.59 Å². The monoisotopic (exact) mass is 399 g/mol. The molecule has 0 bridgehead atoms. The zero-order valence-electron chi connectivity index (χ0n) is 16.2. The molecule has 2 heterocycles. The van der Waals surface area contributed by atoms with Crippen molar-refractivity contribution in [2.45, 2.75) is 12.5 Å². The van der Waals surface area contributed by atoms with E-state index in [1.54, 1.807) is 24.3 Å². The second-order valence-corrected chi connectivity index (χ2v) is 6.77. The maximum atomic E-state index is 12.9. The van der Waals surface area contributed by atoms with Crippen LogP contribution >= 0.6 is 0 Å². The molecule has 0 spiro atoms. The molecule has 150 valence electrons. The Bertz CT molecular complexity index is 1140. The fourth-order valence-corrected chi connectivity index (χ4v) is 3.21. The number of pyridine rings is 1. The van der Waals surface area contributed by atoms with Gasteiger partial charge in [-0.25, -0.2) is 0 Å². The molecule has 0 saturated heterocycles. The first-order valence-corrected chi connectivity index (χ1v) is 9.69. The number of hydrogen-bond donors (Lipinski definition) is 2. The van der Waals surface area contributed by atoms with E-state index in [0.717, 1.165) is 11.5 Å². The first-order chi connectivity index (χ1) is 14.7. The quantitative estimate of drug-likeness (QED) is 0.500. The molecule has 2 aromatic heterocycles. The van der Waals surface area contributed by atoms with Crippen molar-refractivity contribution in [3.8, 4) is 0 Å². The number of hydrogen-bond acceptors (Lipinski definition) is 4. The summed E-state index contributed by atoms with van der Waals surface area (Å²) >= 11 is 0. The first kappa shape index (κ1) is 19.3. The smallest absolute Gasteiger partial charge is 0.252 e. The summed E-state index contributed by atoms with van der Waals surface area (Å²) in [6.45, 7) is 0.374. The minimum atomic E-state index is -0.797. The summed E-state index contributed by atoms with van der Waals surface area (Å²) in [4.78, 5) is 25.6. The van der Waals surface area contributed by atoms with Crippen LogP contribution in [0.15, 0.2) is 85.1 Å². The Balaban J connectivity index is 1.45. The maximum Gasteiger partial charge on any atom is 0.252 e. The predicted molar refractivity (Wildman–Crippen MR) is 113 cm³/mol. The van der Waals surface area contributed by atoms with Gasteiger partial charge >= 0.3 is 0 Å². The van der Waals surface area contributed by atoms with Crippen LogP contribution in [0.5, 0.6) is 0 Å². The predicted octanol–water partition coefficient (Wildman–Crippen LogP) is 2.56. The molecule has 7 nitrogen and oxygen atoms in total. The van der Waals surface area contributed by atoms with Gasteiger partial charge in [-0.2, -0.15) is 0 Å². The lowest BCUT2D eigenvalue weighted by molar-refractivity contribution is -0.123. The van der Waals surface area contributed by atoms with Crippen LogP contribution in [0.4, 0.5) is 0 Å². The number of aromatic nitrogens is 3. The first-order valence-electron chi connectivity index (χ1n) is 9.69.